The maximum atomic E-state index is 5.67. The molecule has 0 radical (unpaired) electrons. The fourth-order valence-corrected chi connectivity index (χ4v) is 1.52. The van der Waals surface area contributed by atoms with Crippen molar-refractivity contribution in [1.82, 2.24) is 15.3 Å². The number of ether oxygens (including phenoxy) is 1. The van der Waals surface area contributed by atoms with Gasteiger partial charge in [-0.05, 0) is 25.1 Å². The largest absolute Gasteiger partial charge is 0.437 e. The van der Waals surface area contributed by atoms with E-state index < -0.39 is 0 Å². The summed E-state index contributed by atoms with van der Waals surface area (Å²) in [6.07, 6.45) is 3.38. The number of rotatable bonds is 5. The third-order valence-corrected chi connectivity index (χ3v) is 2.55. The molecule has 0 aliphatic carbocycles. The quantitative estimate of drug-likeness (QED) is 0.877. The fraction of sp³-hybridized carbons (Fsp3) is 0.286. The second kappa shape index (κ2) is 6.12. The lowest BCUT2D eigenvalue weighted by molar-refractivity contribution is 0.455. The van der Waals surface area contributed by atoms with Crippen LogP contribution in [-0.4, -0.2) is 16.5 Å². The lowest BCUT2D eigenvalue weighted by Gasteiger charge is -2.07. The standard InChI is InChI=1S/C14H17N3O/c1-3-15-8-12-9-17-14(10-16-12)18-13-7-5-4-6-11(13)2/h4-7,9-10,15H,3,8H2,1-2H3. The number of aryl methyl sites for hydroxylation is 1. The summed E-state index contributed by atoms with van der Waals surface area (Å²) in [4.78, 5) is 8.54. The molecule has 0 aliphatic heterocycles. The number of aromatic nitrogens is 2. The van der Waals surface area contributed by atoms with Crippen molar-refractivity contribution in [2.45, 2.75) is 20.4 Å². The second-order valence-electron chi connectivity index (χ2n) is 3.99. The van der Waals surface area contributed by atoms with Crippen LogP contribution < -0.4 is 10.1 Å². The molecule has 0 aliphatic rings. The van der Waals surface area contributed by atoms with Crippen LogP contribution in [0.15, 0.2) is 36.7 Å². The van der Waals surface area contributed by atoms with Crippen molar-refractivity contribution in [3.63, 3.8) is 0 Å². The van der Waals surface area contributed by atoms with E-state index >= 15 is 0 Å². The van der Waals surface area contributed by atoms with Gasteiger partial charge < -0.3 is 10.1 Å². The third-order valence-electron chi connectivity index (χ3n) is 2.55. The summed E-state index contributed by atoms with van der Waals surface area (Å²) in [5.74, 6) is 1.33. The van der Waals surface area contributed by atoms with E-state index in [0.717, 1.165) is 30.1 Å². The predicted molar refractivity (Wildman–Crippen MR) is 70.7 cm³/mol. The van der Waals surface area contributed by atoms with Gasteiger partial charge in [0, 0.05) is 6.54 Å². The van der Waals surface area contributed by atoms with Gasteiger partial charge in [-0.1, -0.05) is 25.1 Å². The van der Waals surface area contributed by atoms with Gasteiger partial charge in [-0.2, -0.15) is 0 Å². The molecule has 0 fully saturated rings. The molecule has 0 atom stereocenters. The molecule has 0 amide bonds. The first-order chi connectivity index (χ1) is 8.79. The summed E-state index contributed by atoms with van der Waals surface area (Å²) in [5, 5.41) is 3.20. The van der Waals surface area contributed by atoms with E-state index in [2.05, 4.69) is 22.2 Å². The minimum atomic E-state index is 0.518. The maximum absolute atomic E-state index is 5.67. The predicted octanol–water partition coefficient (Wildman–Crippen LogP) is 2.69. The average molecular weight is 243 g/mol. The van der Waals surface area contributed by atoms with Crippen molar-refractivity contribution in [3.05, 3.63) is 47.9 Å². The molecule has 0 spiro atoms. The Bertz CT molecular complexity index is 497. The van der Waals surface area contributed by atoms with Crippen molar-refractivity contribution in [3.8, 4) is 11.6 Å². The number of benzene rings is 1. The van der Waals surface area contributed by atoms with E-state index in [0.29, 0.717) is 5.88 Å². The monoisotopic (exact) mass is 243 g/mol. The number of para-hydroxylation sites is 1. The van der Waals surface area contributed by atoms with Gasteiger partial charge in [0.05, 0.1) is 18.1 Å². The van der Waals surface area contributed by atoms with Gasteiger partial charge in [0.2, 0.25) is 5.88 Å². The Labute approximate surface area is 107 Å². The van der Waals surface area contributed by atoms with Crippen LogP contribution in [0.4, 0.5) is 0 Å². The van der Waals surface area contributed by atoms with E-state index in [1.807, 2.05) is 31.2 Å². The Morgan fingerprint density at radius 3 is 2.67 bits per heavy atom. The maximum Gasteiger partial charge on any atom is 0.237 e. The molecule has 18 heavy (non-hydrogen) atoms. The summed E-state index contributed by atoms with van der Waals surface area (Å²) in [6.45, 7) is 5.71. The molecule has 1 heterocycles. The van der Waals surface area contributed by atoms with E-state index in [1.54, 1.807) is 12.4 Å². The second-order valence-corrected chi connectivity index (χ2v) is 3.99. The van der Waals surface area contributed by atoms with Crippen LogP contribution in [0.1, 0.15) is 18.2 Å². The SMILES string of the molecule is CCNCc1cnc(Oc2ccccc2C)cn1. The van der Waals surface area contributed by atoms with E-state index in [1.165, 1.54) is 0 Å². The van der Waals surface area contributed by atoms with Gasteiger partial charge >= 0.3 is 0 Å². The van der Waals surface area contributed by atoms with Crippen molar-refractivity contribution in [2.24, 2.45) is 0 Å². The number of nitrogens with one attached hydrogen (secondary N) is 1. The highest BCUT2D eigenvalue weighted by Gasteiger charge is 2.02. The van der Waals surface area contributed by atoms with Gasteiger partial charge in [0.15, 0.2) is 0 Å². The van der Waals surface area contributed by atoms with E-state index in [-0.39, 0.29) is 0 Å². The zero-order chi connectivity index (χ0) is 12.8. The third kappa shape index (κ3) is 3.28. The molecular formula is C14H17N3O. The van der Waals surface area contributed by atoms with Crippen LogP contribution in [-0.2, 0) is 6.54 Å². The summed E-state index contributed by atoms with van der Waals surface area (Å²) in [7, 11) is 0. The highest BCUT2D eigenvalue weighted by atomic mass is 16.5. The molecule has 1 aromatic heterocycles. The zero-order valence-electron chi connectivity index (χ0n) is 10.7. The van der Waals surface area contributed by atoms with Gasteiger partial charge in [0.1, 0.15) is 5.75 Å². The molecule has 1 aromatic carbocycles. The first kappa shape index (κ1) is 12.5. The van der Waals surface area contributed by atoms with Crippen LogP contribution in [0.25, 0.3) is 0 Å². The molecule has 2 aromatic rings. The van der Waals surface area contributed by atoms with Crippen LogP contribution in [0.2, 0.25) is 0 Å². The lowest BCUT2D eigenvalue weighted by atomic mass is 10.2. The summed E-state index contributed by atoms with van der Waals surface area (Å²) in [6, 6.07) is 7.84. The van der Waals surface area contributed by atoms with Gasteiger partial charge in [-0.3, -0.25) is 4.98 Å². The first-order valence-electron chi connectivity index (χ1n) is 6.04. The van der Waals surface area contributed by atoms with Crippen LogP contribution in [0.5, 0.6) is 11.6 Å². The summed E-state index contributed by atoms with van der Waals surface area (Å²) in [5.41, 5.74) is 1.99. The van der Waals surface area contributed by atoms with Gasteiger partial charge in [0.25, 0.3) is 0 Å². The van der Waals surface area contributed by atoms with Crippen LogP contribution in [0.3, 0.4) is 0 Å². The molecule has 2 rings (SSSR count). The van der Waals surface area contributed by atoms with E-state index in [4.69, 9.17) is 4.74 Å². The summed E-state index contributed by atoms with van der Waals surface area (Å²) < 4.78 is 5.67. The number of hydrogen-bond acceptors (Lipinski definition) is 4. The van der Waals surface area contributed by atoms with Gasteiger partial charge in [-0.15, -0.1) is 0 Å². The average Bonchev–Trinajstić information content (AvgIpc) is 2.41. The lowest BCUT2D eigenvalue weighted by Crippen LogP contribution is -2.13. The minimum absolute atomic E-state index is 0.518. The van der Waals surface area contributed by atoms with Crippen molar-refractivity contribution in [2.75, 3.05) is 6.54 Å². The molecular weight excluding hydrogens is 226 g/mol. The molecule has 0 saturated carbocycles. The van der Waals surface area contributed by atoms with Crippen molar-refractivity contribution in [1.29, 1.82) is 0 Å². The van der Waals surface area contributed by atoms with Crippen molar-refractivity contribution < 1.29 is 4.74 Å². The Morgan fingerprint density at radius 2 is 2.00 bits per heavy atom. The molecule has 94 valence electrons. The Kier molecular flexibility index (Phi) is 4.25. The molecule has 0 bridgehead atoms. The highest BCUT2D eigenvalue weighted by molar-refractivity contribution is 5.34. The zero-order valence-corrected chi connectivity index (χ0v) is 10.7. The molecule has 1 N–H and O–H groups in total. The Morgan fingerprint density at radius 1 is 1.17 bits per heavy atom. The van der Waals surface area contributed by atoms with Crippen molar-refractivity contribution >= 4 is 0 Å². The highest BCUT2D eigenvalue weighted by Crippen LogP contribution is 2.22. The number of hydrogen-bond donors (Lipinski definition) is 1. The molecule has 0 saturated heterocycles. The van der Waals surface area contributed by atoms with E-state index in [9.17, 15) is 0 Å². The van der Waals surface area contributed by atoms with Crippen LogP contribution in [0, 0.1) is 6.92 Å². The Hall–Kier alpha value is -1.94. The summed E-state index contributed by atoms with van der Waals surface area (Å²) >= 11 is 0. The molecule has 4 nitrogen and oxygen atoms in total. The van der Waals surface area contributed by atoms with Crippen LogP contribution >= 0.6 is 0 Å². The topological polar surface area (TPSA) is 47.0 Å². The first-order valence-corrected chi connectivity index (χ1v) is 6.04. The normalized spacial score (nSPS) is 10.3. The fourth-order valence-electron chi connectivity index (χ4n) is 1.52. The minimum Gasteiger partial charge on any atom is -0.437 e. The Balaban J connectivity index is 2.04. The smallest absolute Gasteiger partial charge is 0.237 e. The molecule has 0 unspecified atom stereocenters. The van der Waals surface area contributed by atoms with Gasteiger partial charge in [-0.25, -0.2) is 4.98 Å². The number of nitrogens with zero attached hydrogens (tertiary/aromatic N) is 2. The molecule has 4 heteroatoms.